The molecule has 2 rings (SSSR count). The van der Waals surface area contributed by atoms with Crippen molar-refractivity contribution >= 4 is 5.57 Å². The average molecular weight is 192 g/mol. The molecule has 14 heavy (non-hydrogen) atoms. The van der Waals surface area contributed by atoms with E-state index in [-0.39, 0.29) is 11.5 Å². The zero-order valence-electron chi connectivity index (χ0n) is 8.66. The molecule has 0 aromatic carbocycles. The molecule has 1 aliphatic carbocycles. The third kappa shape index (κ3) is 1.90. The van der Waals surface area contributed by atoms with E-state index in [0.717, 1.165) is 24.2 Å². The lowest BCUT2D eigenvalue weighted by atomic mass is 9.75. The zero-order chi connectivity index (χ0) is 10.2. The van der Waals surface area contributed by atoms with E-state index in [1.54, 1.807) is 6.26 Å². The number of furan rings is 1. The predicted octanol–water partition coefficient (Wildman–Crippen LogP) is 2.84. The van der Waals surface area contributed by atoms with E-state index >= 15 is 0 Å². The van der Waals surface area contributed by atoms with E-state index < -0.39 is 0 Å². The Balaban J connectivity index is 2.28. The Hall–Kier alpha value is -1.02. The molecule has 1 heterocycles. The van der Waals surface area contributed by atoms with Crippen LogP contribution in [-0.2, 0) is 0 Å². The van der Waals surface area contributed by atoms with E-state index in [4.69, 9.17) is 4.42 Å². The molecule has 1 unspecified atom stereocenters. The van der Waals surface area contributed by atoms with Crippen LogP contribution in [0.25, 0.3) is 5.57 Å². The molecule has 1 aromatic rings. The summed E-state index contributed by atoms with van der Waals surface area (Å²) >= 11 is 0. The van der Waals surface area contributed by atoms with Crippen LogP contribution in [0.2, 0.25) is 0 Å². The van der Waals surface area contributed by atoms with Crippen molar-refractivity contribution in [2.75, 3.05) is 0 Å². The van der Waals surface area contributed by atoms with E-state index in [9.17, 15) is 5.11 Å². The number of aliphatic hydroxyl groups is 1. The number of hydrogen-bond donors (Lipinski definition) is 1. The summed E-state index contributed by atoms with van der Waals surface area (Å²) in [6, 6.07) is 3.82. The molecular formula is C12H16O2. The first-order valence-electron chi connectivity index (χ1n) is 4.99. The van der Waals surface area contributed by atoms with Crippen molar-refractivity contribution in [3.63, 3.8) is 0 Å². The maximum atomic E-state index is 9.70. The Morgan fingerprint density at radius 2 is 2.29 bits per heavy atom. The monoisotopic (exact) mass is 192 g/mol. The van der Waals surface area contributed by atoms with Gasteiger partial charge in [-0.05, 0) is 42.0 Å². The van der Waals surface area contributed by atoms with E-state index in [2.05, 4.69) is 13.8 Å². The Kier molecular flexibility index (Phi) is 2.23. The van der Waals surface area contributed by atoms with E-state index in [0.29, 0.717) is 0 Å². The predicted molar refractivity (Wildman–Crippen MR) is 55.7 cm³/mol. The fourth-order valence-electron chi connectivity index (χ4n) is 2.13. The molecule has 1 atom stereocenters. The van der Waals surface area contributed by atoms with Crippen LogP contribution in [0.15, 0.2) is 28.9 Å². The molecule has 1 aliphatic rings. The van der Waals surface area contributed by atoms with Crippen molar-refractivity contribution < 1.29 is 9.52 Å². The van der Waals surface area contributed by atoms with Crippen molar-refractivity contribution in [3.8, 4) is 0 Å². The van der Waals surface area contributed by atoms with Gasteiger partial charge < -0.3 is 9.52 Å². The molecule has 0 saturated carbocycles. The van der Waals surface area contributed by atoms with Crippen molar-refractivity contribution in [1.82, 2.24) is 0 Å². The van der Waals surface area contributed by atoms with Crippen molar-refractivity contribution in [2.24, 2.45) is 5.41 Å². The highest BCUT2D eigenvalue weighted by atomic mass is 16.3. The van der Waals surface area contributed by atoms with Crippen LogP contribution in [0, 0.1) is 5.41 Å². The number of aliphatic hydroxyl groups excluding tert-OH is 1. The number of hydrogen-bond acceptors (Lipinski definition) is 2. The van der Waals surface area contributed by atoms with Gasteiger partial charge in [-0.15, -0.1) is 0 Å². The molecule has 2 heteroatoms. The highest BCUT2D eigenvalue weighted by molar-refractivity contribution is 5.63. The van der Waals surface area contributed by atoms with Gasteiger partial charge in [-0.1, -0.05) is 13.8 Å². The number of rotatable bonds is 1. The Labute approximate surface area is 84.2 Å². The Morgan fingerprint density at radius 3 is 2.86 bits per heavy atom. The molecule has 0 radical (unpaired) electrons. The van der Waals surface area contributed by atoms with Crippen LogP contribution < -0.4 is 0 Å². The van der Waals surface area contributed by atoms with Gasteiger partial charge in [0.1, 0.15) is 5.76 Å². The summed E-state index contributed by atoms with van der Waals surface area (Å²) in [5.41, 5.74) is 1.29. The molecular weight excluding hydrogens is 176 g/mol. The lowest BCUT2D eigenvalue weighted by Crippen LogP contribution is -2.24. The van der Waals surface area contributed by atoms with Gasteiger partial charge in [0.25, 0.3) is 0 Å². The third-order valence-electron chi connectivity index (χ3n) is 2.66. The standard InChI is InChI=1S/C12H16O2/c1-12(2)7-9(6-10(13)8-12)11-4-3-5-14-11/h3-6,10,13H,7-8H2,1-2H3. The molecule has 2 nitrogen and oxygen atoms in total. The molecule has 1 aromatic heterocycles. The first kappa shape index (κ1) is 9.53. The first-order chi connectivity index (χ1) is 6.57. The summed E-state index contributed by atoms with van der Waals surface area (Å²) in [6.07, 6.45) is 5.04. The molecule has 76 valence electrons. The molecule has 0 bridgehead atoms. The molecule has 0 aliphatic heterocycles. The van der Waals surface area contributed by atoms with Gasteiger partial charge >= 0.3 is 0 Å². The minimum Gasteiger partial charge on any atom is -0.465 e. The van der Waals surface area contributed by atoms with Crippen LogP contribution in [-0.4, -0.2) is 11.2 Å². The fraction of sp³-hybridized carbons (Fsp3) is 0.500. The summed E-state index contributed by atoms with van der Waals surface area (Å²) in [7, 11) is 0. The third-order valence-corrected chi connectivity index (χ3v) is 2.66. The van der Waals surface area contributed by atoms with E-state index in [1.165, 1.54) is 0 Å². The van der Waals surface area contributed by atoms with Crippen LogP contribution in [0.1, 0.15) is 32.4 Å². The molecule has 0 amide bonds. The minimum atomic E-state index is -0.334. The zero-order valence-corrected chi connectivity index (χ0v) is 8.66. The second kappa shape index (κ2) is 3.28. The minimum absolute atomic E-state index is 0.163. The lowest BCUT2D eigenvalue weighted by molar-refractivity contribution is 0.145. The van der Waals surface area contributed by atoms with Gasteiger partial charge in [0.15, 0.2) is 0 Å². The highest BCUT2D eigenvalue weighted by Crippen LogP contribution is 2.39. The van der Waals surface area contributed by atoms with Crippen molar-refractivity contribution in [1.29, 1.82) is 0 Å². The van der Waals surface area contributed by atoms with Gasteiger partial charge in [-0.3, -0.25) is 0 Å². The van der Waals surface area contributed by atoms with Crippen LogP contribution in [0.3, 0.4) is 0 Å². The van der Waals surface area contributed by atoms with E-state index in [1.807, 2.05) is 18.2 Å². The molecule has 0 saturated heterocycles. The fourth-order valence-corrected chi connectivity index (χ4v) is 2.13. The maximum absolute atomic E-state index is 9.70. The second-order valence-corrected chi connectivity index (χ2v) is 4.78. The van der Waals surface area contributed by atoms with Crippen molar-refractivity contribution in [3.05, 3.63) is 30.2 Å². The molecule has 1 N–H and O–H groups in total. The topological polar surface area (TPSA) is 33.4 Å². The normalized spacial score (nSPS) is 25.9. The molecule has 0 fully saturated rings. The van der Waals surface area contributed by atoms with Gasteiger partial charge in [0.05, 0.1) is 12.4 Å². The molecule has 0 spiro atoms. The summed E-state index contributed by atoms with van der Waals surface area (Å²) in [5, 5.41) is 9.70. The summed E-state index contributed by atoms with van der Waals surface area (Å²) < 4.78 is 5.34. The maximum Gasteiger partial charge on any atom is 0.129 e. The summed E-state index contributed by atoms with van der Waals surface area (Å²) in [4.78, 5) is 0. The number of allylic oxidation sites excluding steroid dienone is 1. The first-order valence-corrected chi connectivity index (χ1v) is 4.99. The van der Waals surface area contributed by atoms with Gasteiger partial charge in [0, 0.05) is 0 Å². The Morgan fingerprint density at radius 1 is 1.50 bits per heavy atom. The summed E-state index contributed by atoms with van der Waals surface area (Å²) in [6.45, 7) is 4.35. The SMILES string of the molecule is CC1(C)CC(c2ccco2)=CC(O)C1. The second-order valence-electron chi connectivity index (χ2n) is 4.78. The lowest BCUT2D eigenvalue weighted by Gasteiger charge is -2.31. The van der Waals surface area contributed by atoms with Crippen LogP contribution in [0.4, 0.5) is 0 Å². The van der Waals surface area contributed by atoms with Gasteiger partial charge in [-0.25, -0.2) is 0 Å². The van der Waals surface area contributed by atoms with Gasteiger partial charge in [-0.2, -0.15) is 0 Å². The highest BCUT2D eigenvalue weighted by Gasteiger charge is 2.28. The average Bonchev–Trinajstić information content (AvgIpc) is 2.51. The van der Waals surface area contributed by atoms with Gasteiger partial charge in [0.2, 0.25) is 0 Å². The Bertz CT molecular complexity index is 333. The van der Waals surface area contributed by atoms with Crippen molar-refractivity contribution in [2.45, 2.75) is 32.8 Å². The largest absolute Gasteiger partial charge is 0.465 e. The van der Waals surface area contributed by atoms with Crippen LogP contribution >= 0.6 is 0 Å². The quantitative estimate of drug-likeness (QED) is 0.742. The smallest absolute Gasteiger partial charge is 0.129 e. The van der Waals surface area contributed by atoms with Crippen LogP contribution in [0.5, 0.6) is 0 Å². The summed E-state index contributed by atoms with van der Waals surface area (Å²) in [5.74, 6) is 0.886.